The van der Waals surface area contributed by atoms with E-state index < -0.39 is 46.7 Å². The fourth-order valence-corrected chi connectivity index (χ4v) is 6.77. The standard InChI is InChI=1S/C27H26Cl2F2N2O3/c1-4-26(13-35-14-26)11-20-27(12-32,17-9-8-15(28)10-19(17)30)21(16-6-5-7-18(29)22(16)31)23-24(34)36-25(2,3)33(20)23/h5-10,20-21,23H,4,11,13-14H2,1-3H3/t20-,21-,23+,27-/m0/s1. The largest absolute Gasteiger partial charge is 0.443 e. The Labute approximate surface area is 218 Å². The molecule has 3 aliphatic rings. The molecule has 0 radical (unpaired) electrons. The molecule has 3 aliphatic heterocycles. The molecular weight excluding hydrogens is 509 g/mol. The summed E-state index contributed by atoms with van der Waals surface area (Å²) in [6.07, 6.45) is 1.19. The lowest BCUT2D eigenvalue weighted by molar-refractivity contribution is -0.157. The molecule has 4 atom stereocenters. The van der Waals surface area contributed by atoms with E-state index in [9.17, 15) is 10.1 Å². The van der Waals surface area contributed by atoms with Crippen molar-refractivity contribution in [2.45, 2.75) is 62.8 Å². The van der Waals surface area contributed by atoms with Gasteiger partial charge in [-0.3, -0.25) is 4.79 Å². The van der Waals surface area contributed by atoms with E-state index in [1.165, 1.54) is 24.3 Å². The molecule has 0 bridgehead atoms. The van der Waals surface area contributed by atoms with Gasteiger partial charge in [0, 0.05) is 28.0 Å². The number of esters is 1. The van der Waals surface area contributed by atoms with Gasteiger partial charge in [0.1, 0.15) is 23.1 Å². The molecular formula is C27H26Cl2F2N2O3. The van der Waals surface area contributed by atoms with Crippen LogP contribution in [0.2, 0.25) is 10.0 Å². The minimum Gasteiger partial charge on any atom is -0.443 e. The molecule has 5 rings (SSSR count). The Kier molecular flexibility index (Phi) is 6.12. The molecule has 2 aromatic carbocycles. The molecule has 36 heavy (non-hydrogen) atoms. The number of benzene rings is 2. The van der Waals surface area contributed by atoms with Crippen molar-refractivity contribution in [3.63, 3.8) is 0 Å². The number of ether oxygens (including phenoxy) is 2. The first-order chi connectivity index (χ1) is 17.0. The Bertz CT molecular complexity index is 1270. The second-order valence-electron chi connectivity index (χ2n) is 10.5. The van der Waals surface area contributed by atoms with Crippen LogP contribution in [0.1, 0.15) is 50.7 Å². The first-order valence-corrected chi connectivity index (χ1v) is 12.7. The van der Waals surface area contributed by atoms with E-state index in [0.29, 0.717) is 19.6 Å². The number of nitriles is 1. The van der Waals surface area contributed by atoms with E-state index in [-0.39, 0.29) is 26.6 Å². The number of carbonyl (C=O) groups is 1. The van der Waals surface area contributed by atoms with Crippen molar-refractivity contribution in [1.29, 1.82) is 5.26 Å². The number of hydrogen-bond acceptors (Lipinski definition) is 5. The molecule has 0 N–H and O–H groups in total. The molecule has 3 heterocycles. The van der Waals surface area contributed by atoms with Crippen LogP contribution >= 0.6 is 23.2 Å². The van der Waals surface area contributed by atoms with Gasteiger partial charge in [-0.2, -0.15) is 5.26 Å². The summed E-state index contributed by atoms with van der Waals surface area (Å²) in [6.45, 7) is 6.48. The first kappa shape index (κ1) is 25.4. The Balaban J connectivity index is 1.84. The lowest BCUT2D eigenvalue weighted by atomic mass is 9.61. The van der Waals surface area contributed by atoms with Crippen molar-refractivity contribution >= 4 is 29.2 Å². The number of halogens is 4. The minimum absolute atomic E-state index is 0.0632. The molecule has 5 nitrogen and oxygen atoms in total. The normalized spacial score (nSPS) is 30.4. The van der Waals surface area contributed by atoms with E-state index in [4.69, 9.17) is 32.7 Å². The van der Waals surface area contributed by atoms with Crippen molar-refractivity contribution in [2.24, 2.45) is 5.41 Å². The molecule has 0 amide bonds. The van der Waals surface area contributed by atoms with Gasteiger partial charge in [-0.15, -0.1) is 0 Å². The average molecular weight is 535 g/mol. The molecule has 0 aliphatic carbocycles. The molecule has 0 aromatic heterocycles. The zero-order valence-corrected chi connectivity index (χ0v) is 21.7. The topological polar surface area (TPSA) is 62.6 Å². The summed E-state index contributed by atoms with van der Waals surface area (Å²) in [5.41, 5.74) is -2.90. The van der Waals surface area contributed by atoms with E-state index in [2.05, 4.69) is 6.07 Å². The molecule has 2 aromatic rings. The maximum Gasteiger partial charge on any atom is 0.325 e. The second kappa shape index (κ2) is 8.66. The van der Waals surface area contributed by atoms with Gasteiger partial charge in [0.2, 0.25) is 0 Å². The third kappa shape index (κ3) is 3.49. The lowest BCUT2D eigenvalue weighted by Crippen LogP contribution is -2.56. The fraction of sp³-hybridized carbons (Fsp3) is 0.481. The maximum atomic E-state index is 15.7. The highest BCUT2D eigenvalue weighted by molar-refractivity contribution is 6.31. The predicted octanol–water partition coefficient (Wildman–Crippen LogP) is 5.98. The molecule has 0 unspecified atom stereocenters. The van der Waals surface area contributed by atoms with Crippen LogP contribution in [0.15, 0.2) is 36.4 Å². The van der Waals surface area contributed by atoms with Crippen molar-refractivity contribution < 1.29 is 23.0 Å². The number of fused-ring (bicyclic) bond motifs is 1. The Morgan fingerprint density at radius 3 is 2.50 bits per heavy atom. The molecule has 190 valence electrons. The number of carbonyl (C=O) groups excluding carboxylic acids is 1. The van der Waals surface area contributed by atoms with Crippen molar-refractivity contribution in [3.8, 4) is 6.07 Å². The summed E-state index contributed by atoms with van der Waals surface area (Å²) >= 11 is 12.2. The first-order valence-electron chi connectivity index (χ1n) is 11.9. The fourth-order valence-electron chi connectivity index (χ4n) is 6.43. The van der Waals surface area contributed by atoms with Gasteiger partial charge in [-0.05, 0) is 50.5 Å². The lowest BCUT2D eigenvalue weighted by Gasteiger charge is -2.48. The van der Waals surface area contributed by atoms with Crippen molar-refractivity contribution in [1.82, 2.24) is 4.90 Å². The molecule has 0 saturated carbocycles. The van der Waals surface area contributed by atoms with Crippen LogP contribution in [0, 0.1) is 28.4 Å². The number of cyclic esters (lactones) is 1. The zero-order chi connectivity index (χ0) is 26.0. The maximum absolute atomic E-state index is 15.7. The predicted molar refractivity (Wildman–Crippen MR) is 131 cm³/mol. The van der Waals surface area contributed by atoms with Crippen LogP contribution in [-0.4, -0.2) is 41.9 Å². The summed E-state index contributed by atoms with van der Waals surface area (Å²) in [7, 11) is 0. The Hall–Kier alpha value is -2.24. The van der Waals surface area contributed by atoms with E-state index in [1.54, 1.807) is 19.9 Å². The van der Waals surface area contributed by atoms with E-state index in [1.807, 2.05) is 11.8 Å². The average Bonchev–Trinajstić information content (AvgIpc) is 3.21. The van der Waals surface area contributed by atoms with Crippen LogP contribution in [0.3, 0.4) is 0 Å². The molecule has 3 fully saturated rings. The molecule has 3 saturated heterocycles. The highest BCUT2D eigenvalue weighted by Crippen LogP contribution is 2.61. The Morgan fingerprint density at radius 1 is 1.19 bits per heavy atom. The Morgan fingerprint density at radius 2 is 1.92 bits per heavy atom. The summed E-state index contributed by atoms with van der Waals surface area (Å²) in [5.74, 6) is -3.11. The van der Waals surface area contributed by atoms with Gasteiger partial charge in [-0.1, -0.05) is 48.3 Å². The van der Waals surface area contributed by atoms with Crippen LogP contribution in [0.5, 0.6) is 0 Å². The second-order valence-corrected chi connectivity index (χ2v) is 11.4. The van der Waals surface area contributed by atoms with E-state index in [0.717, 1.165) is 12.5 Å². The number of nitrogens with zero attached hydrogens (tertiary/aromatic N) is 2. The highest BCUT2D eigenvalue weighted by Gasteiger charge is 2.71. The summed E-state index contributed by atoms with van der Waals surface area (Å²) in [5, 5.41) is 11.0. The summed E-state index contributed by atoms with van der Waals surface area (Å²) in [6, 6.07) is 9.28. The monoisotopic (exact) mass is 534 g/mol. The molecule has 0 spiro atoms. The highest BCUT2D eigenvalue weighted by atomic mass is 35.5. The molecule has 9 heteroatoms. The van der Waals surface area contributed by atoms with Crippen LogP contribution < -0.4 is 0 Å². The van der Waals surface area contributed by atoms with Gasteiger partial charge in [0.25, 0.3) is 0 Å². The van der Waals surface area contributed by atoms with Crippen LogP contribution in [0.25, 0.3) is 0 Å². The quantitative estimate of drug-likeness (QED) is 0.441. The van der Waals surface area contributed by atoms with E-state index >= 15 is 8.78 Å². The minimum atomic E-state index is -1.65. The van der Waals surface area contributed by atoms with Crippen molar-refractivity contribution in [2.75, 3.05) is 13.2 Å². The van der Waals surface area contributed by atoms with Crippen molar-refractivity contribution in [3.05, 3.63) is 69.2 Å². The van der Waals surface area contributed by atoms with Gasteiger partial charge in [0.05, 0.1) is 24.3 Å². The number of hydrogen-bond donors (Lipinski definition) is 0. The smallest absolute Gasteiger partial charge is 0.325 e. The summed E-state index contributed by atoms with van der Waals surface area (Å²) < 4.78 is 42.7. The SMILES string of the molecule is CCC1(C[C@@H]2N3[C@@H](C(=O)OC3(C)C)[C@H](c3cccc(Cl)c3F)[C@@]2(C#N)c2ccc(Cl)cc2F)COC1. The third-order valence-electron chi connectivity index (χ3n) is 8.25. The van der Waals surface area contributed by atoms with Crippen LogP contribution in [0.4, 0.5) is 8.78 Å². The van der Waals surface area contributed by atoms with Gasteiger partial charge < -0.3 is 9.47 Å². The third-order valence-corrected chi connectivity index (χ3v) is 8.78. The van der Waals surface area contributed by atoms with Gasteiger partial charge in [0.15, 0.2) is 5.72 Å². The van der Waals surface area contributed by atoms with Crippen LogP contribution in [-0.2, 0) is 19.7 Å². The van der Waals surface area contributed by atoms with Gasteiger partial charge >= 0.3 is 5.97 Å². The van der Waals surface area contributed by atoms with Gasteiger partial charge in [-0.25, -0.2) is 13.7 Å². The zero-order valence-electron chi connectivity index (χ0n) is 20.2. The number of rotatable bonds is 5. The summed E-state index contributed by atoms with van der Waals surface area (Å²) in [4.78, 5) is 15.3.